The Hall–Kier alpha value is -4.90. The maximum absolute atomic E-state index is 8.16. The van der Waals surface area contributed by atoms with Gasteiger partial charge in [-0.25, -0.2) is 9.98 Å². The second kappa shape index (κ2) is 11.1. The average Bonchev–Trinajstić information content (AvgIpc) is 3.66. The summed E-state index contributed by atoms with van der Waals surface area (Å²) in [5, 5.41) is 2.39. The van der Waals surface area contributed by atoms with Gasteiger partial charge in [0.15, 0.2) is 0 Å². The lowest BCUT2D eigenvalue weighted by Gasteiger charge is -2.42. The van der Waals surface area contributed by atoms with Gasteiger partial charge in [0.05, 0.1) is 27.9 Å². The van der Waals surface area contributed by atoms with Crippen molar-refractivity contribution in [2.24, 2.45) is 4.99 Å². The van der Waals surface area contributed by atoms with Gasteiger partial charge in [0.2, 0.25) is 5.90 Å². The van der Waals surface area contributed by atoms with Crippen LogP contribution in [0.25, 0.3) is 27.6 Å². The van der Waals surface area contributed by atoms with Crippen molar-refractivity contribution in [3.63, 3.8) is 0 Å². The molecule has 5 heteroatoms. The number of nitrogens with zero attached hydrogens (tertiary/aromatic N) is 4. The zero-order valence-electron chi connectivity index (χ0n) is 33.6. The summed E-state index contributed by atoms with van der Waals surface area (Å²) in [5.41, 5.74) is 10.5. The SMILES string of the molecule is [2H]C([2H])([2H])[C@]1(C)COC(c2cc(C(C)C)cc(N3c4ccccc4C(C)(C)c4cc5c6cc(C)ccc6n(-c6cc(C(C)(C)C)ccn6)c5cc43)c2)=N1. The summed E-state index contributed by atoms with van der Waals surface area (Å²) in [6.07, 6.45) is 1.93. The minimum absolute atomic E-state index is 0.0100. The highest BCUT2D eigenvalue weighted by Gasteiger charge is 2.38. The zero-order valence-corrected chi connectivity index (χ0v) is 30.6. The molecule has 0 amide bonds. The molecule has 6 aromatic rings. The van der Waals surface area contributed by atoms with Crippen LogP contribution in [0.4, 0.5) is 17.1 Å². The number of fused-ring (bicyclic) bond motifs is 5. The van der Waals surface area contributed by atoms with E-state index >= 15 is 0 Å². The number of hydrogen-bond donors (Lipinski definition) is 0. The highest BCUT2D eigenvalue weighted by atomic mass is 16.5. The van der Waals surface area contributed by atoms with E-state index in [9.17, 15) is 0 Å². The molecule has 0 bridgehead atoms. The van der Waals surface area contributed by atoms with Crippen molar-refractivity contribution in [1.29, 1.82) is 0 Å². The maximum atomic E-state index is 8.16. The number of ether oxygens (including phenoxy) is 1. The molecule has 0 saturated heterocycles. The van der Waals surface area contributed by atoms with Crippen LogP contribution in [0.3, 0.4) is 0 Å². The van der Waals surface area contributed by atoms with E-state index < -0.39 is 12.4 Å². The van der Waals surface area contributed by atoms with E-state index in [1.54, 1.807) is 6.92 Å². The molecule has 0 spiro atoms. The minimum atomic E-state index is -2.28. The quantitative estimate of drug-likeness (QED) is 0.188. The van der Waals surface area contributed by atoms with Crippen LogP contribution in [0.15, 0.2) is 96.1 Å². The molecule has 4 heterocycles. The summed E-state index contributed by atoms with van der Waals surface area (Å²) in [6.45, 7) is 17.2. The Morgan fingerprint density at radius 3 is 2.36 bits per heavy atom. The van der Waals surface area contributed by atoms with Crippen LogP contribution in [0.1, 0.15) is 106 Å². The van der Waals surface area contributed by atoms with E-state index in [2.05, 4.69) is 150 Å². The number of para-hydroxylation sites is 1. The predicted octanol–water partition coefficient (Wildman–Crippen LogP) is 11.6. The first-order valence-electron chi connectivity index (χ1n) is 19.2. The largest absolute Gasteiger partial charge is 0.475 e. The molecule has 0 unspecified atom stereocenters. The molecule has 254 valence electrons. The minimum Gasteiger partial charge on any atom is -0.475 e. The summed E-state index contributed by atoms with van der Waals surface area (Å²) >= 11 is 0. The van der Waals surface area contributed by atoms with Crippen molar-refractivity contribution in [3.8, 4) is 5.82 Å². The standard InChI is InChI=1S/C45H48N4O/c1-27(2)29-20-30(42-47-44(7,8)26-50-42)22-32(21-29)48-38-14-12-11-13-35(38)45(9,10)36-24-34-33-19-28(3)15-16-37(33)49(39(34)25-40(36)48)41-23-31(17-18-46-41)43(4,5)6/h11-25,27H,26H2,1-10H3/i7D3/t44-/m0/s1. The summed E-state index contributed by atoms with van der Waals surface area (Å²) in [7, 11) is 0. The Kier molecular flexibility index (Phi) is 6.39. The van der Waals surface area contributed by atoms with Crippen LogP contribution in [-0.2, 0) is 15.6 Å². The summed E-state index contributed by atoms with van der Waals surface area (Å²) in [4.78, 5) is 12.0. The van der Waals surface area contributed by atoms with Crippen LogP contribution in [-0.4, -0.2) is 27.6 Å². The Morgan fingerprint density at radius 1 is 0.840 bits per heavy atom. The number of rotatable bonds is 4. The van der Waals surface area contributed by atoms with Gasteiger partial charge in [0.1, 0.15) is 12.4 Å². The molecule has 0 saturated carbocycles. The molecule has 0 radical (unpaired) electrons. The van der Waals surface area contributed by atoms with Crippen LogP contribution in [0.2, 0.25) is 0 Å². The van der Waals surface area contributed by atoms with Crippen molar-refractivity contribution < 1.29 is 8.85 Å². The lowest BCUT2D eigenvalue weighted by Crippen LogP contribution is -2.30. The molecule has 8 rings (SSSR count). The van der Waals surface area contributed by atoms with Gasteiger partial charge in [-0.1, -0.05) is 78.3 Å². The Balaban J connectivity index is 1.43. The van der Waals surface area contributed by atoms with Gasteiger partial charge in [-0.15, -0.1) is 0 Å². The van der Waals surface area contributed by atoms with Crippen molar-refractivity contribution in [1.82, 2.24) is 9.55 Å². The monoisotopic (exact) mass is 663 g/mol. The van der Waals surface area contributed by atoms with Crippen molar-refractivity contribution in [3.05, 3.63) is 125 Å². The third kappa shape index (κ3) is 5.12. The number of aromatic nitrogens is 2. The van der Waals surface area contributed by atoms with Crippen LogP contribution >= 0.6 is 0 Å². The molecule has 2 aromatic heterocycles. The second-order valence-corrected chi connectivity index (χ2v) is 16.3. The molecule has 5 nitrogen and oxygen atoms in total. The Labute approximate surface area is 300 Å². The van der Waals surface area contributed by atoms with Gasteiger partial charge < -0.3 is 9.64 Å². The summed E-state index contributed by atoms with van der Waals surface area (Å²) in [5.74, 6) is 1.46. The highest BCUT2D eigenvalue weighted by Crippen LogP contribution is 2.54. The van der Waals surface area contributed by atoms with E-state index in [0.29, 0.717) is 5.90 Å². The van der Waals surface area contributed by atoms with E-state index in [1.165, 1.54) is 33.0 Å². The molecule has 0 aliphatic carbocycles. The molecule has 4 aromatic carbocycles. The highest BCUT2D eigenvalue weighted by molar-refractivity contribution is 6.11. The fourth-order valence-corrected chi connectivity index (χ4v) is 7.72. The first-order valence-corrected chi connectivity index (χ1v) is 17.7. The first kappa shape index (κ1) is 28.9. The zero-order chi connectivity index (χ0) is 37.8. The molecular formula is C45H48N4O. The number of hydrogen-bond acceptors (Lipinski definition) is 4. The summed E-state index contributed by atoms with van der Waals surface area (Å²) in [6, 6.07) is 30.9. The van der Waals surface area contributed by atoms with Gasteiger partial charge in [0.25, 0.3) is 0 Å². The number of aryl methyl sites for hydroxylation is 1. The third-order valence-corrected chi connectivity index (χ3v) is 10.6. The van der Waals surface area contributed by atoms with Crippen molar-refractivity contribution >= 4 is 44.8 Å². The fourth-order valence-electron chi connectivity index (χ4n) is 7.72. The lowest BCUT2D eigenvalue weighted by atomic mass is 9.73. The van der Waals surface area contributed by atoms with E-state index in [1.807, 2.05) is 6.20 Å². The number of benzene rings is 4. The van der Waals surface area contributed by atoms with E-state index in [4.69, 9.17) is 18.8 Å². The molecule has 50 heavy (non-hydrogen) atoms. The van der Waals surface area contributed by atoms with E-state index in [-0.39, 0.29) is 23.4 Å². The van der Waals surface area contributed by atoms with Gasteiger partial charge in [-0.3, -0.25) is 4.57 Å². The molecule has 2 aliphatic heterocycles. The number of anilines is 3. The van der Waals surface area contributed by atoms with Crippen LogP contribution in [0, 0.1) is 6.92 Å². The van der Waals surface area contributed by atoms with Gasteiger partial charge in [0, 0.05) is 37.7 Å². The summed E-state index contributed by atoms with van der Waals surface area (Å²) < 4.78 is 32.9. The van der Waals surface area contributed by atoms with Crippen molar-refractivity contribution in [2.45, 2.75) is 91.5 Å². The first-order chi connectivity index (χ1) is 24.9. The van der Waals surface area contributed by atoms with Crippen LogP contribution in [0.5, 0.6) is 0 Å². The van der Waals surface area contributed by atoms with E-state index in [0.717, 1.165) is 45.0 Å². The van der Waals surface area contributed by atoms with Crippen LogP contribution < -0.4 is 4.90 Å². The Morgan fingerprint density at radius 2 is 1.62 bits per heavy atom. The lowest BCUT2D eigenvalue weighted by molar-refractivity contribution is 0.279. The maximum Gasteiger partial charge on any atom is 0.216 e. The smallest absolute Gasteiger partial charge is 0.216 e. The van der Waals surface area contributed by atoms with Gasteiger partial charge in [-0.05, 0) is 115 Å². The van der Waals surface area contributed by atoms with Gasteiger partial charge in [-0.2, -0.15) is 0 Å². The van der Waals surface area contributed by atoms with Crippen molar-refractivity contribution in [2.75, 3.05) is 11.5 Å². The molecule has 1 atom stereocenters. The second-order valence-electron chi connectivity index (χ2n) is 16.3. The third-order valence-electron chi connectivity index (χ3n) is 10.6. The van der Waals surface area contributed by atoms with Gasteiger partial charge >= 0.3 is 0 Å². The normalized spacial score (nSPS) is 19.5. The molecule has 2 aliphatic rings. The fraction of sp³-hybridized carbons (Fsp3) is 0.333. The molecule has 0 fully saturated rings. The number of aliphatic imine (C=N–C) groups is 1. The Bertz CT molecular complexity index is 2480. The molecule has 0 N–H and O–H groups in total. The topological polar surface area (TPSA) is 42.6 Å². The predicted molar refractivity (Wildman–Crippen MR) is 209 cm³/mol. The average molecular weight is 664 g/mol. The molecular weight excluding hydrogens is 613 g/mol. The number of pyridine rings is 1.